The molecule has 54 heavy (non-hydrogen) atoms. The van der Waals surface area contributed by atoms with Crippen LogP contribution in [0.25, 0.3) is 0 Å². The van der Waals surface area contributed by atoms with E-state index in [1.807, 2.05) is 25.7 Å². The summed E-state index contributed by atoms with van der Waals surface area (Å²) in [7, 11) is 0. The Morgan fingerprint density at radius 1 is 0.907 bits per heavy atom. The van der Waals surface area contributed by atoms with E-state index in [4.69, 9.17) is 17.3 Å². The Bertz CT molecular complexity index is 1660. The van der Waals surface area contributed by atoms with Gasteiger partial charge in [-0.15, -0.1) is 0 Å². The standard InChI is InChI=1S/C38H52ClN9O6/c1-38(2,3)32(46-36(53)30(25-10-5-4-6-11-25)45-34(51)27-20-41-14-15-42-27)37(54)48-17-16-47(21-24-12-13-29(39)43-19-24)28(22-48)35(52)44-26(31(49)33(40)50)18-23-8-7-9-23/h12-15,19-20,23,25-26,28,30,32H,4-11,16-18,21-22H2,1-3H3,(H2,40,50)(H,44,52)(H,45,51)(H,46,53)/t26?,28-,30+,32-/m1/s1. The van der Waals surface area contributed by atoms with Crippen molar-refractivity contribution in [3.05, 3.63) is 53.3 Å². The number of Topliss-reactive ketones (excluding diaryl/α,β-unsaturated/α-hetero) is 1. The first-order chi connectivity index (χ1) is 25.7. The number of pyridine rings is 1. The van der Waals surface area contributed by atoms with Gasteiger partial charge in [0.2, 0.25) is 23.5 Å². The molecule has 1 saturated heterocycles. The maximum absolute atomic E-state index is 14.5. The summed E-state index contributed by atoms with van der Waals surface area (Å²) in [5.74, 6) is -3.83. The van der Waals surface area contributed by atoms with Crippen LogP contribution in [-0.4, -0.2) is 104 Å². The van der Waals surface area contributed by atoms with Gasteiger partial charge in [-0.05, 0) is 48.1 Å². The molecule has 1 aliphatic heterocycles. The molecule has 5 N–H and O–H groups in total. The van der Waals surface area contributed by atoms with Crippen LogP contribution < -0.4 is 21.7 Å². The average Bonchev–Trinajstić information content (AvgIpc) is 3.14. The van der Waals surface area contributed by atoms with Crippen molar-refractivity contribution >= 4 is 46.9 Å². The molecule has 3 heterocycles. The van der Waals surface area contributed by atoms with E-state index in [2.05, 4.69) is 30.9 Å². The molecule has 292 valence electrons. The predicted molar refractivity (Wildman–Crippen MR) is 199 cm³/mol. The Balaban J connectivity index is 1.37. The van der Waals surface area contributed by atoms with Crippen molar-refractivity contribution in [1.29, 1.82) is 0 Å². The number of nitrogens with zero attached hydrogens (tertiary/aromatic N) is 5. The van der Waals surface area contributed by atoms with Gasteiger partial charge in [-0.3, -0.25) is 38.7 Å². The zero-order valence-electron chi connectivity index (χ0n) is 31.3. The zero-order chi connectivity index (χ0) is 39.0. The maximum atomic E-state index is 14.5. The van der Waals surface area contributed by atoms with E-state index in [0.717, 1.165) is 56.9 Å². The molecular formula is C38H52ClN9O6. The molecule has 3 fully saturated rings. The topological polar surface area (TPSA) is 210 Å². The number of hydrogen-bond donors (Lipinski definition) is 4. The Labute approximate surface area is 320 Å². The molecule has 0 radical (unpaired) electrons. The van der Waals surface area contributed by atoms with Gasteiger partial charge in [-0.1, -0.05) is 77.0 Å². The molecule has 2 saturated carbocycles. The highest BCUT2D eigenvalue weighted by atomic mass is 35.5. The first kappa shape index (κ1) is 40.7. The van der Waals surface area contributed by atoms with Crippen LogP contribution in [-0.2, 0) is 30.5 Å². The first-order valence-electron chi connectivity index (χ1n) is 18.9. The number of amides is 5. The number of carbonyl (C=O) groups is 6. The SMILES string of the molecule is CC(C)(C)[C@H](NC(=O)[C@@H](NC(=O)c1cnccn1)C1CCCCC1)C(=O)N1CCN(Cc2ccc(Cl)nc2)[C@@H](C(=O)NC(CC2CCC2)C(=O)C(N)=O)C1. The van der Waals surface area contributed by atoms with Gasteiger partial charge in [0, 0.05) is 44.8 Å². The Morgan fingerprint density at radius 3 is 2.24 bits per heavy atom. The van der Waals surface area contributed by atoms with Crippen LogP contribution in [0.3, 0.4) is 0 Å². The van der Waals surface area contributed by atoms with Crippen molar-refractivity contribution < 1.29 is 28.8 Å². The summed E-state index contributed by atoms with van der Waals surface area (Å²) in [6.07, 6.45) is 13.3. The van der Waals surface area contributed by atoms with E-state index in [-0.39, 0.29) is 43.1 Å². The van der Waals surface area contributed by atoms with E-state index in [1.165, 1.54) is 18.6 Å². The number of aromatic nitrogens is 3. The average molecular weight is 766 g/mol. The molecule has 2 aromatic heterocycles. The highest BCUT2D eigenvalue weighted by Gasteiger charge is 2.43. The molecule has 5 amide bonds. The number of hydrogen-bond acceptors (Lipinski definition) is 10. The molecule has 4 atom stereocenters. The Hall–Kier alpha value is -4.50. The lowest BCUT2D eigenvalue weighted by Crippen LogP contribution is -2.65. The second-order valence-electron chi connectivity index (χ2n) is 15.8. The van der Waals surface area contributed by atoms with E-state index >= 15 is 0 Å². The van der Waals surface area contributed by atoms with E-state index in [9.17, 15) is 28.8 Å². The van der Waals surface area contributed by atoms with Gasteiger partial charge >= 0.3 is 0 Å². The lowest BCUT2D eigenvalue weighted by molar-refractivity contribution is -0.145. The fourth-order valence-corrected chi connectivity index (χ4v) is 7.60. The molecule has 0 bridgehead atoms. The summed E-state index contributed by atoms with van der Waals surface area (Å²) in [5.41, 5.74) is 5.49. The monoisotopic (exact) mass is 765 g/mol. The van der Waals surface area contributed by atoms with Crippen LogP contribution >= 0.6 is 11.6 Å². The minimum atomic E-state index is -1.12. The van der Waals surface area contributed by atoms with Gasteiger partial charge in [0.1, 0.15) is 29.0 Å². The second-order valence-corrected chi connectivity index (χ2v) is 16.2. The molecule has 1 unspecified atom stereocenters. The Kier molecular flexibility index (Phi) is 13.7. The highest BCUT2D eigenvalue weighted by molar-refractivity contribution is 6.37. The van der Waals surface area contributed by atoms with E-state index < -0.39 is 59.0 Å². The molecule has 0 spiro atoms. The lowest BCUT2D eigenvalue weighted by Gasteiger charge is -2.44. The first-order valence-corrected chi connectivity index (χ1v) is 19.2. The van der Waals surface area contributed by atoms with Gasteiger partial charge < -0.3 is 26.6 Å². The van der Waals surface area contributed by atoms with Crippen molar-refractivity contribution in [3.63, 3.8) is 0 Å². The number of carbonyl (C=O) groups excluding carboxylic acids is 6. The number of halogens is 1. The van der Waals surface area contributed by atoms with Crippen LogP contribution in [0.5, 0.6) is 0 Å². The maximum Gasteiger partial charge on any atom is 0.287 e. The van der Waals surface area contributed by atoms with Gasteiger partial charge in [0.15, 0.2) is 0 Å². The number of rotatable bonds is 14. The van der Waals surface area contributed by atoms with Crippen molar-refractivity contribution in [2.45, 2.75) is 109 Å². The molecule has 16 heteroatoms. The molecule has 2 aromatic rings. The van der Waals surface area contributed by atoms with Gasteiger partial charge in [-0.2, -0.15) is 0 Å². The number of nitrogens with one attached hydrogen (secondary N) is 3. The number of primary amides is 1. The summed E-state index contributed by atoms with van der Waals surface area (Å²) in [4.78, 5) is 96.6. The van der Waals surface area contributed by atoms with Crippen molar-refractivity contribution in [2.24, 2.45) is 23.0 Å². The summed E-state index contributed by atoms with van der Waals surface area (Å²) in [5, 5.41) is 8.99. The number of ketones is 1. The highest BCUT2D eigenvalue weighted by Crippen LogP contribution is 2.31. The van der Waals surface area contributed by atoms with Crippen molar-refractivity contribution in [2.75, 3.05) is 19.6 Å². The summed E-state index contributed by atoms with van der Waals surface area (Å²) < 4.78 is 0. The van der Waals surface area contributed by atoms with Crippen LogP contribution in [0, 0.1) is 17.3 Å². The normalized spacial score (nSPS) is 20.1. The van der Waals surface area contributed by atoms with Gasteiger partial charge in [-0.25, -0.2) is 9.97 Å². The van der Waals surface area contributed by atoms with E-state index in [1.54, 1.807) is 23.2 Å². The summed E-state index contributed by atoms with van der Waals surface area (Å²) in [6.45, 7) is 6.31. The largest absolute Gasteiger partial charge is 0.363 e. The van der Waals surface area contributed by atoms with Crippen LogP contribution in [0.1, 0.15) is 94.6 Å². The zero-order valence-corrected chi connectivity index (χ0v) is 32.0. The third-order valence-electron chi connectivity index (χ3n) is 10.8. The van der Waals surface area contributed by atoms with Crippen molar-refractivity contribution in [3.8, 4) is 0 Å². The summed E-state index contributed by atoms with van der Waals surface area (Å²) in [6, 6.07) is -0.464. The summed E-state index contributed by atoms with van der Waals surface area (Å²) >= 11 is 6.02. The molecular weight excluding hydrogens is 714 g/mol. The van der Waals surface area contributed by atoms with Gasteiger partial charge in [0.25, 0.3) is 11.8 Å². The minimum absolute atomic E-state index is 0.0511. The van der Waals surface area contributed by atoms with Gasteiger partial charge in [0.05, 0.1) is 12.2 Å². The van der Waals surface area contributed by atoms with Crippen molar-refractivity contribution in [1.82, 2.24) is 40.7 Å². The molecule has 5 rings (SSSR count). The third-order valence-corrected chi connectivity index (χ3v) is 11.1. The molecule has 2 aliphatic carbocycles. The predicted octanol–water partition coefficient (Wildman–Crippen LogP) is 2.18. The quantitative estimate of drug-likeness (QED) is 0.163. The third kappa shape index (κ3) is 10.6. The van der Waals surface area contributed by atoms with Crippen LogP contribution in [0.15, 0.2) is 36.9 Å². The fourth-order valence-electron chi connectivity index (χ4n) is 7.49. The fraction of sp³-hybridized carbons (Fsp3) is 0.605. The smallest absolute Gasteiger partial charge is 0.287 e. The Morgan fingerprint density at radius 2 is 1.65 bits per heavy atom. The molecule has 15 nitrogen and oxygen atoms in total. The van der Waals surface area contributed by atoms with E-state index in [0.29, 0.717) is 18.1 Å². The second kappa shape index (κ2) is 18.2. The number of piperazine rings is 1. The number of nitrogens with two attached hydrogens (primary N) is 1. The lowest BCUT2D eigenvalue weighted by atomic mass is 9.80. The van der Waals surface area contributed by atoms with Crippen LogP contribution in [0.4, 0.5) is 0 Å². The molecule has 3 aliphatic rings. The van der Waals surface area contributed by atoms with Crippen LogP contribution in [0.2, 0.25) is 5.15 Å². The minimum Gasteiger partial charge on any atom is -0.363 e. The molecule has 0 aromatic carbocycles.